The molecule has 2 aromatic carbocycles. The zero-order valence-electron chi connectivity index (χ0n) is 20.6. The van der Waals surface area contributed by atoms with Crippen molar-refractivity contribution in [1.29, 1.82) is 0 Å². The van der Waals surface area contributed by atoms with Crippen LogP contribution in [-0.2, 0) is 0 Å². The van der Waals surface area contributed by atoms with Crippen molar-refractivity contribution in [2.45, 2.75) is 44.4 Å². The SMILES string of the molecule is C1=CC2CCC(C3CCCC4C5C=CC=CC5CC43C3c4ccccc4-c4ccccc43)C2C=C1. The molecule has 0 N–H and O–H groups in total. The van der Waals surface area contributed by atoms with Crippen LogP contribution >= 0.6 is 0 Å². The first-order chi connectivity index (χ1) is 17.4. The molecular formula is C35H36. The third-order valence-electron chi connectivity index (χ3n) is 11.3. The molecule has 0 aliphatic heterocycles. The fraction of sp³-hybridized carbons (Fsp3) is 0.429. The molecule has 3 saturated carbocycles. The van der Waals surface area contributed by atoms with Gasteiger partial charge in [-0.2, -0.15) is 0 Å². The van der Waals surface area contributed by atoms with Crippen LogP contribution in [0.3, 0.4) is 0 Å². The Kier molecular flexibility index (Phi) is 4.53. The van der Waals surface area contributed by atoms with Crippen molar-refractivity contribution in [3.05, 3.63) is 108 Å². The van der Waals surface area contributed by atoms with Crippen LogP contribution in [0.5, 0.6) is 0 Å². The summed E-state index contributed by atoms with van der Waals surface area (Å²) in [6.07, 6.45) is 28.1. The number of benzene rings is 2. The molecule has 3 fully saturated rings. The first kappa shape index (κ1) is 20.6. The molecule has 6 aliphatic carbocycles. The van der Waals surface area contributed by atoms with E-state index < -0.39 is 0 Å². The molecule has 0 amide bonds. The molecule has 6 aliphatic rings. The Morgan fingerprint density at radius 1 is 0.571 bits per heavy atom. The average Bonchev–Trinajstić information content (AvgIpc) is 3.59. The molecule has 0 aromatic heterocycles. The highest BCUT2D eigenvalue weighted by Crippen LogP contribution is 2.72. The predicted octanol–water partition coefficient (Wildman–Crippen LogP) is 8.73. The number of hydrogen-bond acceptors (Lipinski definition) is 0. The highest BCUT2D eigenvalue weighted by molar-refractivity contribution is 5.79. The summed E-state index contributed by atoms with van der Waals surface area (Å²) in [6, 6.07) is 18.9. The van der Waals surface area contributed by atoms with E-state index in [4.69, 9.17) is 0 Å². The van der Waals surface area contributed by atoms with E-state index in [0.29, 0.717) is 17.3 Å². The van der Waals surface area contributed by atoms with Crippen molar-refractivity contribution < 1.29 is 0 Å². The van der Waals surface area contributed by atoms with Gasteiger partial charge in [-0.3, -0.25) is 0 Å². The Hall–Kier alpha value is -2.60. The molecule has 8 rings (SSSR count). The van der Waals surface area contributed by atoms with Crippen LogP contribution < -0.4 is 0 Å². The highest BCUT2D eigenvalue weighted by Gasteiger charge is 2.64. The maximum atomic E-state index is 2.60. The maximum absolute atomic E-state index is 2.60. The van der Waals surface area contributed by atoms with Gasteiger partial charge in [0.1, 0.15) is 0 Å². The van der Waals surface area contributed by atoms with Crippen molar-refractivity contribution in [2.24, 2.45) is 46.8 Å². The van der Waals surface area contributed by atoms with Gasteiger partial charge in [-0.25, -0.2) is 0 Å². The lowest BCUT2D eigenvalue weighted by atomic mass is 9.49. The summed E-state index contributed by atoms with van der Waals surface area (Å²) in [4.78, 5) is 0. The summed E-state index contributed by atoms with van der Waals surface area (Å²) < 4.78 is 0. The van der Waals surface area contributed by atoms with E-state index in [1.54, 1.807) is 11.1 Å². The minimum Gasteiger partial charge on any atom is -0.0808 e. The second-order valence-electron chi connectivity index (χ2n) is 12.3. The fourth-order valence-corrected chi connectivity index (χ4v) is 10.3. The van der Waals surface area contributed by atoms with E-state index in [1.807, 2.05) is 0 Å². The van der Waals surface area contributed by atoms with Crippen LogP contribution in [0.25, 0.3) is 11.1 Å². The maximum Gasteiger partial charge on any atom is 0.0164 e. The first-order valence-electron chi connectivity index (χ1n) is 14.2. The second kappa shape index (κ2) is 7.70. The van der Waals surface area contributed by atoms with Gasteiger partial charge in [0.2, 0.25) is 0 Å². The Balaban J connectivity index is 1.35. The summed E-state index contributed by atoms with van der Waals surface area (Å²) in [5.41, 5.74) is 6.63. The summed E-state index contributed by atoms with van der Waals surface area (Å²) in [7, 11) is 0. The molecule has 0 heteroatoms. The smallest absolute Gasteiger partial charge is 0.0164 e. The number of rotatable bonds is 2. The van der Waals surface area contributed by atoms with E-state index in [0.717, 1.165) is 35.5 Å². The van der Waals surface area contributed by atoms with Gasteiger partial charge in [-0.15, -0.1) is 0 Å². The summed E-state index contributed by atoms with van der Waals surface area (Å²) in [5.74, 6) is 5.93. The molecule has 8 unspecified atom stereocenters. The molecule has 0 heterocycles. The number of hydrogen-bond donors (Lipinski definition) is 0. The summed E-state index contributed by atoms with van der Waals surface area (Å²) in [6.45, 7) is 0. The lowest BCUT2D eigenvalue weighted by molar-refractivity contribution is -0.0192. The average molecular weight is 457 g/mol. The van der Waals surface area contributed by atoms with Gasteiger partial charge >= 0.3 is 0 Å². The third kappa shape index (κ3) is 2.75. The minimum absolute atomic E-state index is 0.351. The summed E-state index contributed by atoms with van der Waals surface area (Å²) >= 11 is 0. The van der Waals surface area contributed by atoms with Gasteiger partial charge < -0.3 is 0 Å². The Morgan fingerprint density at radius 3 is 1.97 bits per heavy atom. The van der Waals surface area contributed by atoms with Crippen LogP contribution in [0.2, 0.25) is 0 Å². The lowest BCUT2D eigenvalue weighted by Crippen LogP contribution is -2.47. The van der Waals surface area contributed by atoms with Crippen LogP contribution in [0, 0.1) is 46.8 Å². The van der Waals surface area contributed by atoms with Crippen LogP contribution in [0.1, 0.15) is 55.6 Å². The van der Waals surface area contributed by atoms with E-state index in [2.05, 4.69) is 97.1 Å². The van der Waals surface area contributed by atoms with Gasteiger partial charge in [0, 0.05) is 5.92 Å². The van der Waals surface area contributed by atoms with E-state index >= 15 is 0 Å². The topological polar surface area (TPSA) is 0 Å². The second-order valence-corrected chi connectivity index (χ2v) is 12.3. The molecule has 176 valence electrons. The van der Waals surface area contributed by atoms with E-state index in [9.17, 15) is 0 Å². The number of allylic oxidation sites excluding steroid dienone is 8. The lowest BCUT2D eigenvalue weighted by Gasteiger charge is -2.54. The predicted molar refractivity (Wildman–Crippen MR) is 145 cm³/mol. The van der Waals surface area contributed by atoms with Gasteiger partial charge in [0.25, 0.3) is 0 Å². The standard InChI is InChI=1S/C35H36/c1-3-12-25-23(10-1)20-21-29(25)33-19-9-18-32-26-13-4-2-11-24(26)22-35(32,33)34-30-16-7-5-14-27(30)28-15-6-8-17-31(28)34/h1-8,10-17,23-26,29,32-34H,9,18-22H2. The van der Waals surface area contributed by atoms with Crippen molar-refractivity contribution in [3.63, 3.8) is 0 Å². The van der Waals surface area contributed by atoms with Gasteiger partial charge in [-0.1, -0.05) is 104 Å². The normalized spacial score (nSPS) is 40.3. The Bertz CT molecular complexity index is 1230. The van der Waals surface area contributed by atoms with Crippen molar-refractivity contribution in [1.82, 2.24) is 0 Å². The Labute approximate surface area is 210 Å². The van der Waals surface area contributed by atoms with E-state index in [-0.39, 0.29) is 0 Å². The molecule has 0 saturated heterocycles. The van der Waals surface area contributed by atoms with Crippen LogP contribution in [-0.4, -0.2) is 0 Å². The zero-order valence-corrected chi connectivity index (χ0v) is 20.6. The highest BCUT2D eigenvalue weighted by atomic mass is 14.7. The molecular weight excluding hydrogens is 420 g/mol. The minimum atomic E-state index is 0.351. The van der Waals surface area contributed by atoms with Gasteiger partial charge in [0.15, 0.2) is 0 Å². The first-order valence-corrected chi connectivity index (χ1v) is 14.2. The fourth-order valence-electron chi connectivity index (χ4n) is 10.3. The number of fused-ring (bicyclic) bond motifs is 7. The zero-order chi connectivity index (χ0) is 23.0. The van der Waals surface area contributed by atoms with E-state index in [1.165, 1.54) is 49.7 Å². The molecule has 0 spiro atoms. The van der Waals surface area contributed by atoms with Crippen molar-refractivity contribution in [3.8, 4) is 11.1 Å². The molecule has 2 aromatic rings. The largest absolute Gasteiger partial charge is 0.0808 e. The van der Waals surface area contributed by atoms with Gasteiger partial charge in [-0.05, 0) is 101 Å². The quantitative estimate of drug-likeness (QED) is 0.424. The van der Waals surface area contributed by atoms with Crippen molar-refractivity contribution in [2.75, 3.05) is 0 Å². The molecule has 0 nitrogen and oxygen atoms in total. The van der Waals surface area contributed by atoms with Crippen LogP contribution in [0.4, 0.5) is 0 Å². The molecule has 0 radical (unpaired) electrons. The molecule has 8 atom stereocenters. The summed E-state index contributed by atoms with van der Waals surface area (Å²) in [5, 5.41) is 0. The molecule has 0 bridgehead atoms. The van der Waals surface area contributed by atoms with Crippen LogP contribution in [0.15, 0.2) is 97.1 Å². The van der Waals surface area contributed by atoms with Gasteiger partial charge in [0.05, 0.1) is 0 Å². The monoisotopic (exact) mass is 456 g/mol. The molecule has 35 heavy (non-hydrogen) atoms. The third-order valence-corrected chi connectivity index (χ3v) is 11.3. The van der Waals surface area contributed by atoms with Crippen molar-refractivity contribution >= 4 is 0 Å². The Morgan fingerprint density at radius 2 is 1.20 bits per heavy atom.